The number of alkyl halides is 3. The highest BCUT2D eigenvalue weighted by molar-refractivity contribution is 7.99. The lowest BCUT2D eigenvalue weighted by atomic mass is 10.2. The molecule has 0 atom stereocenters. The van der Waals surface area contributed by atoms with Crippen LogP contribution in [0, 0.1) is 0 Å². The second-order valence-electron chi connectivity index (χ2n) is 6.88. The van der Waals surface area contributed by atoms with Gasteiger partial charge in [0.2, 0.25) is 5.91 Å². The minimum Gasteiger partial charge on any atom is -0.494 e. The normalized spacial score (nSPS) is 11.3. The van der Waals surface area contributed by atoms with Gasteiger partial charge in [0.05, 0.1) is 30.8 Å². The van der Waals surface area contributed by atoms with E-state index < -0.39 is 12.7 Å². The van der Waals surface area contributed by atoms with Crippen molar-refractivity contribution in [1.29, 1.82) is 0 Å². The van der Waals surface area contributed by atoms with E-state index in [9.17, 15) is 18.0 Å². The van der Waals surface area contributed by atoms with Crippen LogP contribution in [0.25, 0.3) is 11.3 Å². The van der Waals surface area contributed by atoms with E-state index in [2.05, 4.69) is 10.3 Å². The molecule has 3 rings (SSSR count). The van der Waals surface area contributed by atoms with Crippen molar-refractivity contribution in [2.45, 2.75) is 24.8 Å². The maximum Gasteiger partial charge on any atom is 0.406 e. The number of carbonyl (C=O) groups is 1. The van der Waals surface area contributed by atoms with E-state index in [0.717, 1.165) is 22.1 Å². The lowest BCUT2D eigenvalue weighted by Gasteiger charge is -2.14. The molecule has 0 unspecified atom stereocenters. The summed E-state index contributed by atoms with van der Waals surface area (Å²) in [5, 5.41) is 2.82. The summed E-state index contributed by atoms with van der Waals surface area (Å²) in [5.74, 6) is 1.00. The minimum atomic E-state index is -4.42. The van der Waals surface area contributed by atoms with Crippen LogP contribution in [0.4, 0.5) is 13.2 Å². The summed E-state index contributed by atoms with van der Waals surface area (Å²) in [6, 6.07) is 15.8. The monoisotopic (exact) mass is 479 g/mol. The quantitative estimate of drug-likeness (QED) is 0.316. The van der Waals surface area contributed by atoms with Gasteiger partial charge in [0.1, 0.15) is 24.7 Å². The number of thioether (sulfide) groups is 1. The highest BCUT2D eigenvalue weighted by atomic mass is 32.2. The number of halogens is 3. The number of hydrogen-bond donors (Lipinski definition) is 1. The zero-order valence-corrected chi connectivity index (χ0v) is 18.8. The molecule has 176 valence electrons. The zero-order valence-electron chi connectivity index (χ0n) is 18.0. The Balaban J connectivity index is 1.50. The number of benzene rings is 2. The molecule has 0 saturated heterocycles. The topological polar surface area (TPSA) is 65.4 Å². The summed E-state index contributed by atoms with van der Waals surface area (Å²) in [6.07, 6.45) is -3.02. The second-order valence-corrected chi connectivity index (χ2v) is 7.83. The smallest absolute Gasteiger partial charge is 0.406 e. The number of amides is 1. The molecule has 0 spiro atoms. The Morgan fingerprint density at radius 3 is 2.36 bits per heavy atom. The van der Waals surface area contributed by atoms with Gasteiger partial charge in [0, 0.05) is 0 Å². The van der Waals surface area contributed by atoms with Gasteiger partial charge in [-0.25, -0.2) is 4.98 Å². The average Bonchev–Trinajstić information content (AvgIpc) is 3.18. The van der Waals surface area contributed by atoms with E-state index in [-0.39, 0.29) is 30.0 Å². The molecule has 1 aromatic heterocycles. The predicted octanol–water partition coefficient (Wildman–Crippen LogP) is 4.80. The second kappa shape index (κ2) is 11.6. The van der Waals surface area contributed by atoms with Crippen molar-refractivity contribution in [3.63, 3.8) is 0 Å². The largest absolute Gasteiger partial charge is 0.494 e. The maximum absolute atomic E-state index is 13.1. The van der Waals surface area contributed by atoms with E-state index in [1.165, 1.54) is 6.20 Å². The first kappa shape index (κ1) is 24.5. The van der Waals surface area contributed by atoms with Gasteiger partial charge in [-0.05, 0) is 36.8 Å². The molecule has 1 heterocycles. The van der Waals surface area contributed by atoms with Crippen LogP contribution in [0.1, 0.15) is 6.92 Å². The van der Waals surface area contributed by atoms with Gasteiger partial charge in [-0.1, -0.05) is 42.1 Å². The first-order chi connectivity index (χ1) is 15.9. The number of aromatic nitrogens is 2. The third-order valence-corrected chi connectivity index (χ3v) is 5.38. The molecule has 0 aliphatic rings. The van der Waals surface area contributed by atoms with E-state index in [1.807, 2.05) is 6.92 Å². The predicted molar refractivity (Wildman–Crippen MR) is 121 cm³/mol. The third-order valence-electron chi connectivity index (χ3n) is 4.39. The van der Waals surface area contributed by atoms with Gasteiger partial charge >= 0.3 is 6.18 Å². The number of carbonyl (C=O) groups excluding carboxylic acids is 1. The molecule has 0 radical (unpaired) electrons. The van der Waals surface area contributed by atoms with Crippen LogP contribution in [-0.2, 0) is 11.3 Å². The summed E-state index contributed by atoms with van der Waals surface area (Å²) < 4.78 is 51.4. The lowest BCUT2D eigenvalue weighted by Crippen LogP contribution is -2.29. The Labute approximate surface area is 194 Å². The molecule has 3 aromatic rings. The van der Waals surface area contributed by atoms with Crippen molar-refractivity contribution < 1.29 is 27.4 Å². The number of imidazole rings is 1. The van der Waals surface area contributed by atoms with Crippen molar-refractivity contribution in [3.05, 3.63) is 60.8 Å². The molecule has 10 heteroatoms. The van der Waals surface area contributed by atoms with Gasteiger partial charge in [-0.2, -0.15) is 13.2 Å². The van der Waals surface area contributed by atoms with E-state index in [0.29, 0.717) is 23.6 Å². The Bertz CT molecular complexity index is 1020. The summed E-state index contributed by atoms with van der Waals surface area (Å²) >= 11 is 0.957. The third kappa shape index (κ3) is 7.74. The minimum absolute atomic E-state index is 0.0633. The van der Waals surface area contributed by atoms with Crippen molar-refractivity contribution >= 4 is 17.7 Å². The van der Waals surface area contributed by atoms with Crippen LogP contribution in [0.2, 0.25) is 0 Å². The van der Waals surface area contributed by atoms with Crippen LogP contribution < -0.4 is 14.8 Å². The molecule has 0 bridgehead atoms. The summed E-state index contributed by atoms with van der Waals surface area (Å²) in [4.78, 5) is 16.3. The highest BCUT2D eigenvalue weighted by Crippen LogP contribution is 2.30. The Kier molecular flexibility index (Phi) is 8.65. The van der Waals surface area contributed by atoms with Crippen molar-refractivity contribution in [2.75, 3.05) is 25.5 Å². The van der Waals surface area contributed by atoms with Crippen LogP contribution >= 0.6 is 11.8 Å². The Morgan fingerprint density at radius 1 is 1.06 bits per heavy atom. The van der Waals surface area contributed by atoms with Crippen molar-refractivity contribution in [2.24, 2.45) is 0 Å². The van der Waals surface area contributed by atoms with E-state index in [1.54, 1.807) is 54.6 Å². The molecule has 0 fully saturated rings. The van der Waals surface area contributed by atoms with Crippen molar-refractivity contribution in [1.82, 2.24) is 14.9 Å². The van der Waals surface area contributed by atoms with Gasteiger partial charge in [0.15, 0.2) is 5.16 Å². The van der Waals surface area contributed by atoms with Crippen LogP contribution in [0.3, 0.4) is 0 Å². The lowest BCUT2D eigenvalue weighted by molar-refractivity contribution is -0.141. The van der Waals surface area contributed by atoms with Gasteiger partial charge in [0.25, 0.3) is 0 Å². The Hall–Kier alpha value is -3.14. The fraction of sp³-hybridized carbons (Fsp3) is 0.304. The summed E-state index contributed by atoms with van der Waals surface area (Å²) in [5.41, 5.74) is 0.969. The molecular formula is C23H24F3N3O3S. The van der Waals surface area contributed by atoms with Gasteiger partial charge < -0.3 is 19.4 Å². The molecule has 1 amide bonds. The van der Waals surface area contributed by atoms with E-state index in [4.69, 9.17) is 9.47 Å². The molecular weight excluding hydrogens is 455 g/mol. The number of nitrogens with zero attached hydrogens (tertiary/aromatic N) is 2. The Morgan fingerprint density at radius 2 is 1.73 bits per heavy atom. The molecule has 6 nitrogen and oxygen atoms in total. The molecule has 0 saturated carbocycles. The maximum atomic E-state index is 13.1. The summed E-state index contributed by atoms with van der Waals surface area (Å²) in [7, 11) is 0. The molecule has 0 aliphatic carbocycles. The number of hydrogen-bond acceptors (Lipinski definition) is 5. The van der Waals surface area contributed by atoms with E-state index >= 15 is 0 Å². The van der Waals surface area contributed by atoms with Crippen LogP contribution in [-0.4, -0.2) is 47.1 Å². The molecule has 2 aromatic carbocycles. The first-order valence-electron chi connectivity index (χ1n) is 10.3. The van der Waals surface area contributed by atoms with Crippen LogP contribution in [0.15, 0.2) is 66.0 Å². The van der Waals surface area contributed by atoms with Crippen LogP contribution in [0.5, 0.6) is 11.5 Å². The van der Waals surface area contributed by atoms with Gasteiger partial charge in [-0.3, -0.25) is 4.79 Å². The average molecular weight is 480 g/mol. The summed E-state index contributed by atoms with van der Waals surface area (Å²) in [6.45, 7) is 1.81. The highest BCUT2D eigenvalue weighted by Gasteiger charge is 2.31. The number of nitrogens with one attached hydrogen (secondary N) is 1. The first-order valence-corrected chi connectivity index (χ1v) is 11.3. The number of ether oxygens (including phenoxy) is 2. The van der Waals surface area contributed by atoms with Crippen molar-refractivity contribution in [3.8, 4) is 22.8 Å². The fourth-order valence-electron chi connectivity index (χ4n) is 2.98. The standard InChI is InChI=1S/C23H24F3N3O3S/c1-2-31-18-8-10-19(11-9-18)32-13-12-27-21(30)15-33-22-28-14-20(17-6-4-3-5-7-17)29(22)16-23(24,25)26/h3-11,14H,2,12-13,15-16H2,1H3,(H,27,30). The molecule has 1 N–H and O–H groups in total. The zero-order chi connectivity index (χ0) is 23.7. The number of rotatable bonds is 11. The molecule has 33 heavy (non-hydrogen) atoms. The fourth-order valence-corrected chi connectivity index (χ4v) is 3.79. The SMILES string of the molecule is CCOc1ccc(OCCNC(=O)CSc2ncc(-c3ccccc3)n2CC(F)(F)F)cc1. The van der Waals surface area contributed by atoms with Gasteiger partial charge in [-0.15, -0.1) is 0 Å². The molecule has 0 aliphatic heterocycles.